The summed E-state index contributed by atoms with van der Waals surface area (Å²) in [6, 6.07) is 5.19. The van der Waals surface area contributed by atoms with E-state index < -0.39 is 11.5 Å². The normalized spacial score (nSPS) is 13.6. The fraction of sp³-hybridized carbons (Fsp3) is 0.368. The van der Waals surface area contributed by atoms with Gasteiger partial charge in [0, 0.05) is 17.3 Å². The summed E-state index contributed by atoms with van der Waals surface area (Å²) >= 11 is 7.27. The molecule has 2 aromatic rings. The summed E-state index contributed by atoms with van der Waals surface area (Å²) in [5, 5.41) is 7.36. The van der Waals surface area contributed by atoms with Gasteiger partial charge in [0.05, 0.1) is 16.8 Å². The molecule has 0 saturated heterocycles. The lowest BCUT2D eigenvalue weighted by atomic mass is 10.2. The number of anilines is 2. The molecule has 1 aromatic heterocycles. The van der Waals surface area contributed by atoms with Crippen LogP contribution in [0.2, 0.25) is 5.02 Å². The molecule has 1 aliphatic rings. The first kappa shape index (κ1) is 20.4. The molecule has 0 fully saturated rings. The van der Waals surface area contributed by atoms with Crippen molar-refractivity contribution < 1.29 is 9.59 Å². The quantitative estimate of drug-likeness (QED) is 0.803. The number of thioether (sulfide) groups is 1. The number of halogens is 1. The number of benzene rings is 1. The van der Waals surface area contributed by atoms with Crippen molar-refractivity contribution in [2.24, 2.45) is 5.92 Å². The van der Waals surface area contributed by atoms with Gasteiger partial charge in [0.25, 0.3) is 5.56 Å². The van der Waals surface area contributed by atoms with Crippen molar-refractivity contribution in [2.75, 3.05) is 22.5 Å². The topological polar surface area (TPSA) is 84.3 Å². The lowest BCUT2D eigenvalue weighted by molar-refractivity contribution is -0.117. The van der Waals surface area contributed by atoms with Crippen LogP contribution in [-0.4, -0.2) is 33.9 Å². The number of carbonyl (C=O) groups is 2. The number of aryl methyl sites for hydroxylation is 1. The fourth-order valence-corrected chi connectivity index (χ4v) is 3.95. The van der Waals surface area contributed by atoms with Crippen LogP contribution in [0.4, 0.5) is 11.4 Å². The fourth-order valence-electron chi connectivity index (χ4n) is 2.89. The van der Waals surface area contributed by atoms with Crippen LogP contribution in [0.25, 0.3) is 0 Å². The Morgan fingerprint density at radius 3 is 2.82 bits per heavy atom. The van der Waals surface area contributed by atoms with Crippen LogP contribution in [0, 0.1) is 12.8 Å². The summed E-state index contributed by atoms with van der Waals surface area (Å²) < 4.78 is 1.08. The highest BCUT2D eigenvalue weighted by Crippen LogP contribution is 2.32. The van der Waals surface area contributed by atoms with E-state index in [4.69, 9.17) is 11.6 Å². The average Bonchev–Trinajstić information content (AvgIpc) is 2.62. The molecule has 0 unspecified atom stereocenters. The highest BCUT2D eigenvalue weighted by molar-refractivity contribution is 8.00. The van der Waals surface area contributed by atoms with Gasteiger partial charge in [-0.3, -0.25) is 14.4 Å². The van der Waals surface area contributed by atoms with E-state index >= 15 is 0 Å². The predicted molar refractivity (Wildman–Crippen MR) is 111 cm³/mol. The smallest absolute Gasteiger partial charge is 0.292 e. The molecule has 0 radical (unpaired) electrons. The van der Waals surface area contributed by atoms with Crippen LogP contribution in [0.15, 0.2) is 34.1 Å². The van der Waals surface area contributed by atoms with E-state index in [0.29, 0.717) is 27.8 Å². The molecule has 2 amide bonds. The number of rotatable bonds is 5. The molecule has 0 saturated carbocycles. The molecule has 0 atom stereocenters. The van der Waals surface area contributed by atoms with Crippen LogP contribution in [-0.2, 0) is 16.1 Å². The maximum Gasteiger partial charge on any atom is 0.292 e. The monoisotopic (exact) mass is 420 g/mol. The number of nitrogens with zero attached hydrogens (tertiary/aromatic N) is 3. The maximum absolute atomic E-state index is 13.0. The summed E-state index contributed by atoms with van der Waals surface area (Å²) in [7, 11) is 0. The van der Waals surface area contributed by atoms with Gasteiger partial charge in [0.2, 0.25) is 11.8 Å². The van der Waals surface area contributed by atoms with Gasteiger partial charge in [-0.2, -0.15) is 5.10 Å². The molecule has 2 heterocycles. The van der Waals surface area contributed by atoms with E-state index in [0.717, 1.165) is 10.2 Å². The van der Waals surface area contributed by atoms with Gasteiger partial charge in [-0.1, -0.05) is 31.5 Å². The van der Waals surface area contributed by atoms with Crippen molar-refractivity contribution in [2.45, 2.75) is 32.2 Å². The first-order valence-electron chi connectivity index (χ1n) is 8.85. The number of aromatic nitrogens is 2. The first-order valence-corrected chi connectivity index (χ1v) is 10.2. The second-order valence-electron chi connectivity index (χ2n) is 7.01. The molecule has 0 aliphatic carbocycles. The van der Waals surface area contributed by atoms with E-state index in [1.807, 2.05) is 20.8 Å². The van der Waals surface area contributed by atoms with E-state index in [-0.39, 0.29) is 24.1 Å². The van der Waals surface area contributed by atoms with Crippen molar-refractivity contribution in [1.29, 1.82) is 0 Å². The second kappa shape index (κ2) is 8.36. The Labute approximate surface area is 172 Å². The zero-order valence-electron chi connectivity index (χ0n) is 15.9. The highest BCUT2D eigenvalue weighted by atomic mass is 35.5. The highest BCUT2D eigenvalue weighted by Gasteiger charge is 2.29. The molecule has 0 spiro atoms. The average molecular weight is 421 g/mol. The molecule has 7 nitrogen and oxygen atoms in total. The second-order valence-corrected chi connectivity index (χ2v) is 8.47. The summed E-state index contributed by atoms with van der Waals surface area (Å²) in [5.41, 5.74) is 1.29. The lowest BCUT2D eigenvalue weighted by Crippen LogP contribution is -2.44. The molecule has 0 bridgehead atoms. The van der Waals surface area contributed by atoms with Crippen molar-refractivity contribution in [3.63, 3.8) is 0 Å². The minimum absolute atomic E-state index is 0.111. The Hall–Kier alpha value is -2.32. The number of nitrogens with one attached hydrogen (secondary N) is 1. The summed E-state index contributed by atoms with van der Waals surface area (Å²) in [6.07, 6.45) is 1.54. The Morgan fingerprint density at radius 2 is 2.11 bits per heavy atom. The summed E-state index contributed by atoms with van der Waals surface area (Å²) in [5.74, 6) is -0.0282. The Balaban J connectivity index is 1.87. The van der Waals surface area contributed by atoms with Gasteiger partial charge < -0.3 is 10.2 Å². The molecule has 1 aliphatic heterocycles. The Kier molecular flexibility index (Phi) is 6.10. The molecule has 148 valence electrons. The van der Waals surface area contributed by atoms with Gasteiger partial charge >= 0.3 is 0 Å². The zero-order chi connectivity index (χ0) is 20.4. The van der Waals surface area contributed by atoms with Crippen LogP contribution in [0.3, 0.4) is 0 Å². The van der Waals surface area contributed by atoms with Gasteiger partial charge in [-0.05, 0) is 30.5 Å². The van der Waals surface area contributed by atoms with E-state index in [9.17, 15) is 14.4 Å². The van der Waals surface area contributed by atoms with Crippen LogP contribution in [0.5, 0.6) is 0 Å². The van der Waals surface area contributed by atoms with Gasteiger partial charge in [-0.15, -0.1) is 11.8 Å². The minimum atomic E-state index is -0.448. The summed E-state index contributed by atoms with van der Waals surface area (Å²) in [4.78, 5) is 39.9. The third-order valence-corrected chi connectivity index (χ3v) is 5.46. The number of carbonyl (C=O) groups excluding carboxylic acids is 2. The molecule has 9 heteroatoms. The van der Waals surface area contributed by atoms with Gasteiger partial charge in [-0.25, -0.2) is 4.68 Å². The standard InChI is InChI=1S/C19H21ClN4O3S/c1-11(2)8-23-17(26)10-28-15-7-21-24(19(27)18(15)23)9-16(25)22-14-6-13(20)5-4-12(14)3/h4-7,11H,8-10H2,1-3H3,(H,22,25). The number of hydrogen-bond donors (Lipinski definition) is 1. The first-order chi connectivity index (χ1) is 13.3. The number of amides is 2. The van der Waals surface area contributed by atoms with Crippen molar-refractivity contribution in [3.8, 4) is 0 Å². The molecular weight excluding hydrogens is 400 g/mol. The van der Waals surface area contributed by atoms with E-state index in [2.05, 4.69) is 10.4 Å². The maximum atomic E-state index is 13.0. The molecule has 1 aromatic carbocycles. The van der Waals surface area contributed by atoms with Crippen LogP contribution < -0.4 is 15.8 Å². The number of fused-ring (bicyclic) bond motifs is 1. The molecular formula is C19H21ClN4O3S. The molecule has 1 N–H and O–H groups in total. The van der Waals surface area contributed by atoms with E-state index in [1.165, 1.54) is 16.7 Å². The lowest BCUT2D eigenvalue weighted by Gasteiger charge is -2.29. The van der Waals surface area contributed by atoms with Gasteiger partial charge in [0.15, 0.2) is 0 Å². The molecule has 3 rings (SSSR count). The summed E-state index contributed by atoms with van der Waals surface area (Å²) in [6.45, 7) is 6.00. The third-order valence-electron chi connectivity index (χ3n) is 4.22. The zero-order valence-corrected chi connectivity index (χ0v) is 17.4. The Morgan fingerprint density at radius 1 is 1.36 bits per heavy atom. The Bertz CT molecular complexity index is 990. The van der Waals surface area contributed by atoms with Crippen molar-refractivity contribution in [3.05, 3.63) is 45.3 Å². The van der Waals surface area contributed by atoms with Crippen LogP contribution in [0.1, 0.15) is 19.4 Å². The van der Waals surface area contributed by atoms with Crippen molar-refractivity contribution in [1.82, 2.24) is 9.78 Å². The largest absolute Gasteiger partial charge is 0.324 e. The minimum Gasteiger partial charge on any atom is -0.324 e. The van der Waals surface area contributed by atoms with Crippen molar-refractivity contribution >= 4 is 46.6 Å². The number of hydrogen-bond acceptors (Lipinski definition) is 5. The molecule has 28 heavy (non-hydrogen) atoms. The van der Waals surface area contributed by atoms with Gasteiger partial charge in [0.1, 0.15) is 12.2 Å². The SMILES string of the molecule is Cc1ccc(Cl)cc1NC(=O)Cn1ncc2c(c1=O)N(CC(C)C)C(=O)CS2. The van der Waals surface area contributed by atoms with E-state index in [1.54, 1.807) is 24.4 Å². The van der Waals surface area contributed by atoms with Crippen LogP contribution >= 0.6 is 23.4 Å². The predicted octanol–water partition coefficient (Wildman–Crippen LogP) is 2.94. The third kappa shape index (κ3) is 4.39.